The van der Waals surface area contributed by atoms with Crippen molar-refractivity contribution in [2.75, 3.05) is 5.43 Å². The summed E-state index contributed by atoms with van der Waals surface area (Å²) in [6.07, 6.45) is 1.63. The minimum absolute atomic E-state index is 0.189. The molecule has 0 spiro atoms. The Bertz CT molecular complexity index is 626. The van der Waals surface area contributed by atoms with Crippen molar-refractivity contribution in [1.29, 1.82) is 0 Å². The molecule has 0 heterocycles. The molecule has 2 rings (SSSR count). The molecule has 0 bridgehead atoms. The highest BCUT2D eigenvalue weighted by Gasteiger charge is 2.07. The third-order valence-electron chi connectivity index (χ3n) is 2.40. The lowest BCUT2D eigenvalue weighted by Crippen LogP contribution is -2.02. The van der Waals surface area contributed by atoms with Crippen LogP contribution in [-0.4, -0.2) is 17.3 Å². The predicted octanol–water partition coefficient (Wildman–Crippen LogP) is 3.59. The molecule has 0 atom stereocenters. The summed E-state index contributed by atoms with van der Waals surface area (Å²) in [5, 5.41) is 13.1. The smallest absolute Gasteiger partial charge is 0.337 e. The monoisotopic (exact) mass is 318 g/mol. The van der Waals surface area contributed by atoms with Gasteiger partial charge in [0.1, 0.15) is 0 Å². The second kappa shape index (κ2) is 6.15. The van der Waals surface area contributed by atoms with Crippen LogP contribution in [0.3, 0.4) is 0 Å². The first kappa shape index (κ1) is 13.3. The Morgan fingerprint density at radius 3 is 2.74 bits per heavy atom. The molecule has 0 aliphatic heterocycles. The molecule has 4 nitrogen and oxygen atoms in total. The van der Waals surface area contributed by atoms with Gasteiger partial charge in [-0.05, 0) is 29.8 Å². The summed E-state index contributed by atoms with van der Waals surface area (Å²) in [7, 11) is 0. The number of anilines is 1. The molecule has 2 aromatic rings. The van der Waals surface area contributed by atoms with Crippen LogP contribution in [0.15, 0.2) is 58.1 Å². The minimum atomic E-state index is -0.985. The highest BCUT2D eigenvalue weighted by Crippen LogP contribution is 2.15. The maximum Gasteiger partial charge on any atom is 0.337 e. The van der Waals surface area contributed by atoms with Crippen molar-refractivity contribution in [3.8, 4) is 0 Å². The number of carboxylic acids is 1. The summed E-state index contributed by atoms with van der Waals surface area (Å²) in [6.45, 7) is 0. The summed E-state index contributed by atoms with van der Waals surface area (Å²) in [6, 6.07) is 14.3. The fourth-order valence-electron chi connectivity index (χ4n) is 1.53. The van der Waals surface area contributed by atoms with E-state index in [1.54, 1.807) is 24.4 Å². The zero-order chi connectivity index (χ0) is 13.7. The number of hydrogen-bond acceptors (Lipinski definition) is 3. The largest absolute Gasteiger partial charge is 0.478 e. The van der Waals surface area contributed by atoms with Gasteiger partial charge in [0.25, 0.3) is 0 Å². The number of carboxylic acid groups (broad SMARTS) is 1. The van der Waals surface area contributed by atoms with E-state index in [-0.39, 0.29) is 5.56 Å². The van der Waals surface area contributed by atoms with Gasteiger partial charge >= 0.3 is 5.97 Å². The standard InChI is InChI=1S/C14H11BrN2O2/c15-11-5-3-4-10(8-11)9-16-17-13-7-2-1-6-12(13)14(18)19/h1-9,17H,(H,18,19)/b16-9+. The van der Waals surface area contributed by atoms with Crippen molar-refractivity contribution in [3.05, 3.63) is 64.1 Å². The summed E-state index contributed by atoms with van der Waals surface area (Å²) in [5.41, 5.74) is 4.30. The van der Waals surface area contributed by atoms with E-state index < -0.39 is 5.97 Å². The Morgan fingerprint density at radius 1 is 1.21 bits per heavy atom. The van der Waals surface area contributed by atoms with Crippen molar-refractivity contribution >= 4 is 33.8 Å². The van der Waals surface area contributed by atoms with Gasteiger partial charge in [-0.1, -0.05) is 40.2 Å². The third-order valence-corrected chi connectivity index (χ3v) is 2.90. The SMILES string of the molecule is O=C(O)c1ccccc1N/N=C/c1cccc(Br)c1. The average Bonchev–Trinajstić information content (AvgIpc) is 2.39. The fourth-order valence-corrected chi connectivity index (χ4v) is 1.95. The zero-order valence-corrected chi connectivity index (χ0v) is 11.5. The van der Waals surface area contributed by atoms with Crippen LogP contribution in [0.25, 0.3) is 0 Å². The maximum absolute atomic E-state index is 11.0. The van der Waals surface area contributed by atoms with Gasteiger partial charge in [-0.3, -0.25) is 5.43 Å². The van der Waals surface area contributed by atoms with Crippen LogP contribution in [-0.2, 0) is 0 Å². The summed E-state index contributed by atoms with van der Waals surface area (Å²) < 4.78 is 0.961. The zero-order valence-electron chi connectivity index (χ0n) is 9.88. The molecule has 0 aliphatic rings. The van der Waals surface area contributed by atoms with E-state index in [4.69, 9.17) is 5.11 Å². The highest BCUT2D eigenvalue weighted by molar-refractivity contribution is 9.10. The molecular formula is C14H11BrN2O2. The van der Waals surface area contributed by atoms with E-state index in [1.807, 2.05) is 24.3 Å². The first-order valence-electron chi connectivity index (χ1n) is 5.54. The van der Waals surface area contributed by atoms with Crippen molar-refractivity contribution in [2.24, 2.45) is 5.10 Å². The molecular weight excluding hydrogens is 308 g/mol. The Kier molecular flexibility index (Phi) is 4.30. The number of hydrogen-bond donors (Lipinski definition) is 2. The van der Waals surface area contributed by atoms with Crippen LogP contribution in [0.4, 0.5) is 5.69 Å². The van der Waals surface area contributed by atoms with Gasteiger partial charge < -0.3 is 5.11 Å². The molecule has 0 radical (unpaired) electrons. The third kappa shape index (κ3) is 3.66. The molecule has 0 fully saturated rings. The Balaban J connectivity index is 2.13. The number of carbonyl (C=O) groups is 1. The molecule has 2 aromatic carbocycles. The lowest BCUT2D eigenvalue weighted by atomic mass is 10.2. The Morgan fingerprint density at radius 2 is 2.00 bits per heavy atom. The second-order valence-corrected chi connectivity index (χ2v) is 4.69. The number of hydrazone groups is 1. The van der Waals surface area contributed by atoms with E-state index in [9.17, 15) is 4.79 Å². The van der Waals surface area contributed by atoms with Gasteiger partial charge in [0.05, 0.1) is 17.5 Å². The van der Waals surface area contributed by atoms with Crippen LogP contribution in [0.1, 0.15) is 15.9 Å². The van der Waals surface area contributed by atoms with Gasteiger partial charge in [-0.25, -0.2) is 4.79 Å². The molecule has 96 valence electrons. The van der Waals surface area contributed by atoms with E-state index in [1.165, 1.54) is 6.07 Å². The number of para-hydroxylation sites is 1. The molecule has 0 saturated carbocycles. The number of nitrogens with one attached hydrogen (secondary N) is 1. The predicted molar refractivity (Wildman–Crippen MR) is 78.8 cm³/mol. The molecule has 0 unspecified atom stereocenters. The summed E-state index contributed by atoms with van der Waals surface area (Å²) in [5.74, 6) is -0.985. The lowest BCUT2D eigenvalue weighted by molar-refractivity contribution is 0.0698. The van der Waals surface area contributed by atoms with Crippen LogP contribution in [0, 0.1) is 0 Å². The van der Waals surface area contributed by atoms with Crippen molar-refractivity contribution in [3.63, 3.8) is 0 Å². The fraction of sp³-hybridized carbons (Fsp3) is 0. The van der Waals surface area contributed by atoms with Crippen LogP contribution in [0.2, 0.25) is 0 Å². The van der Waals surface area contributed by atoms with Gasteiger partial charge in [0, 0.05) is 4.47 Å². The Labute approximate surface area is 118 Å². The minimum Gasteiger partial charge on any atom is -0.478 e. The van der Waals surface area contributed by atoms with Gasteiger partial charge in [-0.15, -0.1) is 0 Å². The lowest BCUT2D eigenvalue weighted by Gasteiger charge is -2.04. The molecule has 2 N–H and O–H groups in total. The van der Waals surface area contributed by atoms with Gasteiger partial charge in [0.15, 0.2) is 0 Å². The van der Waals surface area contributed by atoms with E-state index in [0.29, 0.717) is 5.69 Å². The highest BCUT2D eigenvalue weighted by atomic mass is 79.9. The van der Waals surface area contributed by atoms with Gasteiger partial charge in [0.2, 0.25) is 0 Å². The van der Waals surface area contributed by atoms with E-state index in [0.717, 1.165) is 10.0 Å². The first-order chi connectivity index (χ1) is 9.16. The molecule has 0 saturated heterocycles. The molecule has 0 amide bonds. The number of nitrogens with zero attached hydrogens (tertiary/aromatic N) is 1. The normalized spacial score (nSPS) is 10.6. The summed E-state index contributed by atoms with van der Waals surface area (Å²) in [4.78, 5) is 11.0. The van der Waals surface area contributed by atoms with Crippen LogP contribution < -0.4 is 5.43 Å². The molecule has 5 heteroatoms. The molecule has 0 aliphatic carbocycles. The quantitative estimate of drug-likeness (QED) is 0.669. The topological polar surface area (TPSA) is 61.7 Å². The number of benzene rings is 2. The van der Waals surface area contributed by atoms with Crippen molar-refractivity contribution in [1.82, 2.24) is 0 Å². The number of rotatable bonds is 4. The van der Waals surface area contributed by atoms with E-state index >= 15 is 0 Å². The van der Waals surface area contributed by atoms with Gasteiger partial charge in [-0.2, -0.15) is 5.10 Å². The maximum atomic E-state index is 11.0. The molecule has 19 heavy (non-hydrogen) atoms. The molecule has 0 aromatic heterocycles. The number of halogens is 1. The van der Waals surface area contributed by atoms with Crippen molar-refractivity contribution < 1.29 is 9.90 Å². The second-order valence-electron chi connectivity index (χ2n) is 3.78. The Hall–Kier alpha value is -2.14. The number of aromatic carboxylic acids is 1. The van der Waals surface area contributed by atoms with Crippen LogP contribution in [0.5, 0.6) is 0 Å². The van der Waals surface area contributed by atoms with Crippen molar-refractivity contribution in [2.45, 2.75) is 0 Å². The van der Waals surface area contributed by atoms with E-state index in [2.05, 4.69) is 26.5 Å². The average molecular weight is 319 g/mol. The first-order valence-corrected chi connectivity index (χ1v) is 6.33. The summed E-state index contributed by atoms with van der Waals surface area (Å²) >= 11 is 3.37. The van der Waals surface area contributed by atoms with Crippen LogP contribution >= 0.6 is 15.9 Å².